The van der Waals surface area contributed by atoms with E-state index in [2.05, 4.69) is 13.8 Å². The number of Topliss-reactive ketones (excluding diaryl/α,β-unsaturated/α-hetero) is 1. The SMILES string of the molecule is Cc1cccc(C2/C(=C(/O)c3ccc(OCC(C)C)c(C)c3)C(=O)C(=O)N2C2CCCC2)c1. The second kappa shape index (κ2) is 9.42. The molecule has 0 aromatic heterocycles. The summed E-state index contributed by atoms with van der Waals surface area (Å²) in [7, 11) is 0. The zero-order valence-corrected chi connectivity index (χ0v) is 19.9. The molecule has 0 radical (unpaired) electrons. The summed E-state index contributed by atoms with van der Waals surface area (Å²) in [4.78, 5) is 28.2. The molecule has 1 saturated heterocycles. The number of likely N-dealkylation sites (tertiary alicyclic amines) is 1. The number of nitrogens with zero attached hydrogens (tertiary/aromatic N) is 1. The highest BCUT2D eigenvalue weighted by molar-refractivity contribution is 6.46. The molecule has 2 aromatic carbocycles. The van der Waals surface area contributed by atoms with Crippen LogP contribution in [0.15, 0.2) is 48.0 Å². The lowest BCUT2D eigenvalue weighted by Crippen LogP contribution is -2.37. The molecule has 1 unspecified atom stereocenters. The van der Waals surface area contributed by atoms with Gasteiger partial charge in [-0.1, -0.05) is 56.5 Å². The highest BCUT2D eigenvalue weighted by Crippen LogP contribution is 2.43. The molecule has 33 heavy (non-hydrogen) atoms. The minimum atomic E-state index is -0.608. The number of hydrogen-bond donors (Lipinski definition) is 1. The van der Waals surface area contributed by atoms with Gasteiger partial charge in [-0.3, -0.25) is 9.59 Å². The molecule has 5 nitrogen and oxygen atoms in total. The van der Waals surface area contributed by atoms with Crippen LogP contribution in [0.25, 0.3) is 5.76 Å². The van der Waals surface area contributed by atoms with Gasteiger partial charge >= 0.3 is 0 Å². The van der Waals surface area contributed by atoms with Crippen LogP contribution in [-0.2, 0) is 9.59 Å². The molecule has 1 N–H and O–H groups in total. The topological polar surface area (TPSA) is 66.8 Å². The van der Waals surface area contributed by atoms with Crippen molar-refractivity contribution in [3.8, 4) is 5.75 Å². The van der Waals surface area contributed by atoms with Crippen LogP contribution in [0.1, 0.15) is 67.8 Å². The van der Waals surface area contributed by atoms with Crippen LogP contribution < -0.4 is 4.74 Å². The second-order valence-corrected chi connectivity index (χ2v) is 9.74. The lowest BCUT2D eigenvalue weighted by atomic mass is 9.93. The number of hydrogen-bond acceptors (Lipinski definition) is 4. The van der Waals surface area contributed by atoms with Crippen LogP contribution in [-0.4, -0.2) is 34.3 Å². The summed E-state index contributed by atoms with van der Waals surface area (Å²) in [5.74, 6) is -0.0913. The van der Waals surface area contributed by atoms with E-state index in [0.717, 1.165) is 48.1 Å². The van der Waals surface area contributed by atoms with Crippen LogP contribution in [0.2, 0.25) is 0 Å². The molecule has 1 aliphatic carbocycles. The van der Waals surface area contributed by atoms with Crippen LogP contribution in [0, 0.1) is 19.8 Å². The maximum Gasteiger partial charge on any atom is 0.295 e. The minimum Gasteiger partial charge on any atom is -0.507 e. The quantitative estimate of drug-likeness (QED) is 0.350. The number of carbonyl (C=O) groups is 2. The first kappa shape index (κ1) is 23.1. The van der Waals surface area contributed by atoms with Gasteiger partial charge in [-0.15, -0.1) is 0 Å². The number of benzene rings is 2. The molecule has 4 rings (SSSR count). The molecule has 1 saturated carbocycles. The van der Waals surface area contributed by atoms with Crippen molar-refractivity contribution in [1.29, 1.82) is 0 Å². The van der Waals surface area contributed by atoms with Gasteiger partial charge in [-0.2, -0.15) is 0 Å². The van der Waals surface area contributed by atoms with Crippen LogP contribution in [0.4, 0.5) is 0 Å². The normalized spacial score (nSPS) is 20.8. The summed E-state index contributed by atoms with van der Waals surface area (Å²) in [6.07, 6.45) is 3.86. The number of amides is 1. The third kappa shape index (κ3) is 4.54. The van der Waals surface area contributed by atoms with E-state index in [0.29, 0.717) is 18.1 Å². The van der Waals surface area contributed by atoms with E-state index in [1.165, 1.54) is 0 Å². The Morgan fingerprint density at radius 3 is 2.45 bits per heavy atom. The predicted molar refractivity (Wildman–Crippen MR) is 129 cm³/mol. The second-order valence-electron chi connectivity index (χ2n) is 9.74. The predicted octanol–water partition coefficient (Wildman–Crippen LogP) is 5.70. The van der Waals surface area contributed by atoms with E-state index in [9.17, 15) is 14.7 Å². The van der Waals surface area contributed by atoms with Crippen molar-refractivity contribution in [2.75, 3.05) is 6.61 Å². The number of ketones is 1. The number of rotatable bonds is 6. The summed E-state index contributed by atoms with van der Waals surface area (Å²) in [5, 5.41) is 11.3. The van der Waals surface area contributed by atoms with E-state index in [1.807, 2.05) is 50.2 Å². The first-order valence-electron chi connectivity index (χ1n) is 11.9. The average Bonchev–Trinajstić information content (AvgIpc) is 3.39. The fraction of sp³-hybridized carbons (Fsp3) is 0.429. The Labute approximate surface area is 196 Å². The molecule has 1 atom stereocenters. The molecule has 0 spiro atoms. The zero-order valence-electron chi connectivity index (χ0n) is 19.9. The van der Waals surface area contributed by atoms with Crippen LogP contribution in [0.3, 0.4) is 0 Å². The fourth-order valence-electron chi connectivity index (χ4n) is 4.95. The zero-order chi connectivity index (χ0) is 23.7. The van der Waals surface area contributed by atoms with E-state index in [1.54, 1.807) is 11.0 Å². The van der Waals surface area contributed by atoms with Gasteiger partial charge in [-0.25, -0.2) is 0 Å². The lowest BCUT2D eigenvalue weighted by Gasteiger charge is -2.31. The number of ether oxygens (including phenoxy) is 1. The van der Waals surface area contributed by atoms with Gasteiger partial charge in [0.1, 0.15) is 11.5 Å². The fourth-order valence-corrected chi connectivity index (χ4v) is 4.95. The van der Waals surface area contributed by atoms with E-state index >= 15 is 0 Å². The Kier molecular flexibility index (Phi) is 6.59. The largest absolute Gasteiger partial charge is 0.507 e. The molecule has 1 heterocycles. The van der Waals surface area contributed by atoms with Gasteiger partial charge in [0.15, 0.2) is 0 Å². The summed E-state index contributed by atoms with van der Waals surface area (Å²) < 4.78 is 5.86. The van der Waals surface area contributed by atoms with E-state index in [4.69, 9.17) is 4.74 Å². The molecule has 0 bridgehead atoms. The smallest absolute Gasteiger partial charge is 0.295 e. The first-order chi connectivity index (χ1) is 15.8. The summed E-state index contributed by atoms with van der Waals surface area (Å²) in [6, 6.07) is 12.7. The Balaban J connectivity index is 1.79. The van der Waals surface area contributed by atoms with Crippen molar-refractivity contribution in [3.63, 3.8) is 0 Å². The Bertz CT molecular complexity index is 1090. The van der Waals surface area contributed by atoms with Gasteiger partial charge in [0.05, 0.1) is 18.2 Å². The Morgan fingerprint density at radius 1 is 1.09 bits per heavy atom. The van der Waals surface area contributed by atoms with E-state index in [-0.39, 0.29) is 17.4 Å². The lowest BCUT2D eigenvalue weighted by molar-refractivity contribution is -0.141. The number of carbonyl (C=O) groups excluding carboxylic acids is 2. The monoisotopic (exact) mass is 447 g/mol. The maximum atomic E-state index is 13.3. The van der Waals surface area contributed by atoms with Gasteiger partial charge in [0, 0.05) is 11.6 Å². The molecule has 5 heteroatoms. The molecule has 1 amide bonds. The van der Waals surface area contributed by atoms with Gasteiger partial charge in [-0.05, 0) is 61.9 Å². The maximum absolute atomic E-state index is 13.3. The average molecular weight is 448 g/mol. The highest BCUT2D eigenvalue weighted by Gasteiger charge is 2.49. The standard InChI is InChI=1S/C28H33NO4/c1-17(2)16-33-23-13-12-21(15-19(23)4)26(30)24-25(20-9-7-8-18(3)14-20)29(28(32)27(24)31)22-10-5-6-11-22/h7-9,12-15,17,22,25,30H,5-6,10-11,16H2,1-4H3/b26-24-. The number of aliphatic hydroxyl groups excluding tert-OH is 1. The van der Waals surface area contributed by atoms with Gasteiger partial charge < -0.3 is 14.7 Å². The third-order valence-corrected chi connectivity index (χ3v) is 6.58. The molecular weight excluding hydrogens is 414 g/mol. The van der Waals surface area contributed by atoms with E-state index < -0.39 is 17.7 Å². The van der Waals surface area contributed by atoms with Crippen molar-refractivity contribution in [3.05, 3.63) is 70.3 Å². The van der Waals surface area contributed by atoms with Gasteiger partial charge in [0.2, 0.25) is 0 Å². The molecule has 2 fully saturated rings. The van der Waals surface area contributed by atoms with Crippen molar-refractivity contribution in [2.45, 2.75) is 65.5 Å². The van der Waals surface area contributed by atoms with Crippen LogP contribution in [0.5, 0.6) is 5.75 Å². The van der Waals surface area contributed by atoms with Crippen molar-refractivity contribution >= 4 is 17.4 Å². The Morgan fingerprint density at radius 2 is 1.82 bits per heavy atom. The summed E-state index contributed by atoms with van der Waals surface area (Å²) in [5.41, 5.74) is 3.47. The number of aliphatic hydroxyl groups is 1. The third-order valence-electron chi connectivity index (χ3n) is 6.58. The summed E-state index contributed by atoms with van der Waals surface area (Å²) >= 11 is 0. The number of aryl methyl sites for hydroxylation is 2. The van der Waals surface area contributed by atoms with Crippen LogP contribution >= 0.6 is 0 Å². The first-order valence-corrected chi connectivity index (χ1v) is 11.9. The van der Waals surface area contributed by atoms with Crippen molar-refractivity contribution in [2.24, 2.45) is 5.92 Å². The molecule has 2 aromatic rings. The molecular formula is C28H33NO4. The van der Waals surface area contributed by atoms with Gasteiger partial charge in [0.25, 0.3) is 11.7 Å². The molecule has 2 aliphatic rings. The minimum absolute atomic E-state index is 0.0193. The van der Waals surface area contributed by atoms with Crippen molar-refractivity contribution < 1.29 is 19.4 Å². The highest BCUT2D eigenvalue weighted by atomic mass is 16.5. The molecule has 1 aliphatic heterocycles. The molecule has 174 valence electrons. The Hall–Kier alpha value is -3.08. The van der Waals surface area contributed by atoms with Crippen molar-refractivity contribution in [1.82, 2.24) is 4.90 Å². The summed E-state index contributed by atoms with van der Waals surface area (Å²) in [6.45, 7) is 8.69.